The van der Waals surface area contributed by atoms with E-state index in [0.29, 0.717) is 0 Å². The fourth-order valence-corrected chi connectivity index (χ4v) is 1.56. The van der Waals surface area contributed by atoms with Crippen molar-refractivity contribution in [2.24, 2.45) is 0 Å². The molecule has 7 heteroatoms. The summed E-state index contributed by atoms with van der Waals surface area (Å²) >= 11 is 1.64. The third-order valence-corrected chi connectivity index (χ3v) is 2.81. The average molecular weight is 258 g/mol. The Hall–Kier alpha value is -0.590. The number of carbonyl (C=O) groups is 1. The van der Waals surface area contributed by atoms with Crippen LogP contribution in [0.2, 0.25) is 0 Å². The lowest BCUT2D eigenvalue weighted by Gasteiger charge is -2.25. The summed E-state index contributed by atoms with van der Waals surface area (Å²) in [6, 6.07) is -0.758. The van der Waals surface area contributed by atoms with Gasteiger partial charge in [0.2, 0.25) is 0 Å². The molecule has 0 saturated carbocycles. The molecule has 0 aliphatic rings. The van der Waals surface area contributed by atoms with Gasteiger partial charge in [-0.1, -0.05) is 0 Å². The van der Waals surface area contributed by atoms with Crippen molar-refractivity contribution in [2.45, 2.75) is 25.6 Å². The van der Waals surface area contributed by atoms with Gasteiger partial charge < -0.3 is 10.2 Å². The van der Waals surface area contributed by atoms with Gasteiger partial charge in [0.05, 0.1) is 0 Å². The SMILES string of the molecule is CSCCC(C)N(C)C(=O)NCC(F)(F)F. The number of alkyl halides is 3. The fourth-order valence-electron chi connectivity index (χ4n) is 0.983. The minimum Gasteiger partial charge on any atom is -0.329 e. The zero-order valence-corrected chi connectivity index (χ0v) is 10.4. The van der Waals surface area contributed by atoms with Gasteiger partial charge in [-0.2, -0.15) is 24.9 Å². The number of nitrogens with zero attached hydrogens (tertiary/aromatic N) is 1. The highest BCUT2D eigenvalue weighted by atomic mass is 32.2. The number of halogens is 3. The van der Waals surface area contributed by atoms with Crippen molar-refractivity contribution in [3.63, 3.8) is 0 Å². The van der Waals surface area contributed by atoms with Gasteiger partial charge in [0.1, 0.15) is 6.54 Å². The second-order valence-electron chi connectivity index (χ2n) is 3.52. The Kier molecular flexibility index (Phi) is 6.62. The summed E-state index contributed by atoms with van der Waals surface area (Å²) in [5, 5.41) is 1.83. The fraction of sp³-hybridized carbons (Fsp3) is 0.889. The summed E-state index contributed by atoms with van der Waals surface area (Å²) in [7, 11) is 1.50. The van der Waals surface area contributed by atoms with Crippen molar-refractivity contribution in [3.8, 4) is 0 Å². The Morgan fingerprint density at radius 1 is 1.50 bits per heavy atom. The van der Waals surface area contributed by atoms with Gasteiger partial charge in [0.15, 0.2) is 0 Å². The topological polar surface area (TPSA) is 32.3 Å². The minimum absolute atomic E-state index is 0.0688. The van der Waals surface area contributed by atoms with Crippen molar-refractivity contribution in [3.05, 3.63) is 0 Å². The van der Waals surface area contributed by atoms with E-state index in [1.807, 2.05) is 18.5 Å². The molecule has 0 bridgehead atoms. The number of amides is 2. The standard InChI is InChI=1S/C9H17F3N2OS/c1-7(4-5-16-3)14(2)8(15)13-6-9(10,11)12/h7H,4-6H2,1-3H3,(H,13,15). The molecule has 0 fully saturated rings. The number of hydrogen-bond donors (Lipinski definition) is 1. The Morgan fingerprint density at radius 2 is 2.06 bits per heavy atom. The summed E-state index contributed by atoms with van der Waals surface area (Å²) in [6.07, 6.45) is -1.66. The molecule has 1 unspecified atom stereocenters. The summed E-state index contributed by atoms with van der Waals surface area (Å²) < 4.78 is 35.5. The van der Waals surface area contributed by atoms with E-state index in [-0.39, 0.29) is 6.04 Å². The first-order valence-electron chi connectivity index (χ1n) is 4.84. The molecular weight excluding hydrogens is 241 g/mol. The van der Waals surface area contributed by atoms with Crippen LogP contribution in [0, 0.1) is 0 Å². The van der Waals surface area contributed by atoms with E-state index >= 15 is 0 Å². The first kappa shape index (κ1) is 15.4. The molecule has 0 aromatic heterocycles. The van der Waals surface area contributed by atoms with Crippen molar-refractivity contribution in [1.29, 1.82) is 0 Å². The van der Waals surface area contributed by atoms with Crippen LogP contribution < -0.4 is 5.32 Å². The van der Waals surface area contributed by atoms with Crippen LogP contribution in [-0.4, -0.2) is 48.8 Å². The number of urea groups is 1. The quantitative estimate of drug-likeness (QED) is 0.821. The third-order valence-electron chi connectivity index (χ3n) is 2.16. The number of nitrogens with one attached hydrogen (secondary N) is 1. The molecule has 96 valence electrons. The Balaban J connectivity index is 3.98. The maximum atomic E-state index is 11.8. The maximum absolute atomic E-state index is 11.8. The molecular formula is C9H17F3N2OS. The van der Waals surface area contributed by atoms with E-state index in [9.17, 15) is 18.0 Å². The van der Waals surface area contributed by atoms with Crippen LogP contribution >= 0.6 is 11.8 Å². The highest BCUT2D eigenvalue weighted by Gasteiger charge is 2.28. The van der Waals surface area contributed by atoms with Crippen LogP contribution in [0.4, 0.5) is 18.0 Å². The molecule has 2 amide bonds. The molecule has 0 rings (SSSR count). The molecule has 0 aliphatic heterocycles. The summed E-state index contributed by atoms with van der Waals surface area (Å²) in [6.45, 7) is 0.523. The Morgan fingerprint density at radius 3 is 2.50 bits per heavy atom. The van der Waals surface area contributed by atoms with Crippen molar-refractivity contribution < 1.29 is 18.0 Å². The number of carbonyl (C=O) groups excluding carboxylic acids is 1. The summed E-state index contributed by atoms with van der Waals surface area (Å²) in [4.78, 5) is 12.6. The molecule has 1 N–H and O–H groups in total. The number of thioether (sulfide) groups is 1. The lowest BCUT2D eigenvalue weighted by atomic mass is 10.2. The molecule has 0 radical (unpaired) electrons. The van der Waals surface area contributed by atoms with Crippen LogP contribution in [0.25, 0.3) is 0 Å². The predicted octanol–water partition coefficient (Wildman–Crippen LogP) is 2.33. The smallest absolute Gasteiger partial charge is 0.329 e. The first-order valence-corrected chi connectivity index (χ1v) is 6.23. The van der Waals surface area contributed by atoms with Crippen LogP contribution in [-0.2, 0) is 0 Å². The van der Waals surface area contributed by atoms with Gasteiger partial charge in [-0.15, -0.1) is 0 Å². The molecule has 0 spiro atoms. The first-order chi connectivity index (χ1) is 7.28. The molecule has 1 atom stereocenters. The van der Waals surface area contributed by atoms with Crippen LogP contribution in [0.3, 0.4) is 0 Å². The average Bonchev–Trinajstić information content (AvgIpc) is 2.20. The van der Waals surface area contributed by atoms with Gasteiger partial charge >= 0.3 is 12.2 Å². The van der Waals surface area contributed by atoms with Gasteiger partial charge in [-0.3, -0.25) is 0 Å². The minimum atomic E-state index is -4.36. The second kappa shape index (κ2) is 6.88. The lowest BCUT2D eigenvalue weighted by Crippen LogP contribution is -2.45. The predicted molar refractivity (Wildman–Crippen MR) is 59.7 cm³/mol. The van der Waals surface area contributed by atoms with Crippen molar-refractivity contribution >= 4 is 17.8 Å². The number of rotatable bonds is 5. The molecule has 0 aliphatic carbocycles. The van der Waals surface area contributed by atoms with Crippen LogP contribution in [0.5, 0.6) is 0 Å². The molecule has 16 heavy (non-hydrogen) atoms. The summed E-state index contributed by atoms with van der Waals surface area (Å²) in [5.74, 6) is 0.873. The highest BCUT2D eigenvalue weighted by Crippen LogP contribution is 2.13. The van der Waals surface area contributed by atoms with Crippen LogP contribution in [0.15, 0.2) is 0 Å². The molecule has 0 heterocycles. The zero-order chi connectivity index (χ0) is 12.8. The summed E-state index contributed by atoms with van der Waals surface area (Å²) in [5.41, 5.74) is 0. The maximum Gasteiger partial charge on any atom is 0.405 e. The molecule has 0 saturated heterocycles. The van der Waals surface area contributed by atoms with Gasteiger partial charge in [0.25, 0.3) is 0 Å². The van der Waals surface area contributed by atoms with Gasteiger partial charge in [-0.05, 0) is 25.4 Å². The van der Waals surface area contributed by atoms with E-state index in [2.05, 4.69) is 0 Å². The monoisotopic (exact) mass is 258 g/mol. The van der Waals surface area contributed by atoms with Crippen molar-refractivity contribution in [2.75, 3.05) is 25.6 Å². The zero-order valence-electron chi connectivity index (χ0n) is 9.60. The number of hydrogen-bond acceptors (Lipinski definition) is 2. The molecule has 0 aromatic carbocycles. The molecule has 3 nitrogen and oxygen atoms in total. The van der Waals surface area contributed by atoms with E-state index < -0.39 is 18.8 Å². The van der Waals surface area contributed by atoms with E-state index in [1.54, 1.807) is 11.8 Å². The highest BCUT2D eigenvalue weighted by molar-refractivity contribution is 7.98. The largest absolute Gasteiger partial charge is 0.405 e. The van der Waals surface area contributed by atoms with E-state index in [1.165, 1.54) is 11.9 Å². The van der Waals surface area contributed by atoms with Crippen LogP contribution in [0.1, 0.15) is 13.3 Å². The van der Waals surface area contributed by atoms with Gasteiger partial charge in [0, 0.05) is 13.1 Å². The second-order valence-corrected chi connectivity index (χ2v) is 4.50. The van der Waals surface area contributed by atoms with E-state index in [4.69, 9.17) is 0 Å². The van der Waals surface area contributed by atoms with Crippen molar-refractivity contribution in [1.82, 2.24) is 10.2 Å². The molecule has 0 aromatic rings. The third kappa shape index (κ3) is 6.81. The lowest BCUT2D eigenvalue weighted by molar-refractivity contribution is -0.123. The van der Waals surface area contributed by atoms with E-state index in [0.717, 1.165) is 12.2 Å². The normalized spacial score (nSPS) is 13.4. The Labute approximate surface area is 97.7 Å². The van der Waals surface area contributed by atoms with Gasteiger partial charge in [-0.25, -0.2) is 4.79 Å². The Bertz CT molecular complexity index is 223.